The van der Waals surface area contributed by atoms with Crippen molar-refractivity contribution in [2.45, 2.75) is 26.3 Å². The number of nitrogens with zero attached hydrogens (tertiary/aromatic N) is 2. The van der Waals surface area contributed by atoms with Crippen LogP contribution in [0.5, 0.6) is 5.75 Å². The molecule has 192 valence electrons. The average Bonchev–Trinajstić information content (AvgIpc) is 3.22. The lowest BCUT2D eigenvalue weighted by Crippen LogP contribution is -2.40. The van der Waals surface area contributed by atoms with Crippen LogP contribution in [0.4, 0.5) is 0 Å². The van der Waals surface area contributed by atoms with Gasteiger partial charge in [-0.1, -0.05) is 72.9 Å². The van der Waals surface area contributed by atoms with Crippen LogP contribution in [0, 0.1) is 0 Å². The highest BCUT2D eigenvalue weighted by Gasteiger charge is 2.33. The van der Waals surface area contributed by atoms with Crippen molar-refractivity contribution in [3.05, 3.63) is 103 Å². The molecule has 2 heterocycles. The maximum absolute atomic E-state index is 13.6. The first kappa shape index (κ1) is 26.3. The molecule has 0 spiro atoms. The molecular formula is C29H30N2O5S. The number of methoxy groups -OCH3 is 1. The second-order valence-corrected chi connectivity index (χ2v) is 9.43. The maximum atomic E-state index is 13.6. The van der Waals surface area contributed by atoms with Gasteiger partial charge in [-0.3, -0.25) is 9.36 Å². The maximum Gasteiger partial charge on any atom is 0.338 e. The zero-order valence-electron chi connectivity index (χ0n) is 21.2. The van der Waals surface area contributed by atoms with Crippen LogP contribution in [0.25, 0.3) is 12.2 Å². The van der Waals surface area contributed by atoms with Gasteiger partial charge in [-0.2, -0.15) is 0 Å². The Morgan fingerprint density at radius 3 is 2.54 bits per heavy atom. The van der Waals surface area contributed by atoms with E-state index in [4.69, 9.17) is 14.2 Å². The van der Waals surface area contributed by atoms with Gasteiger partial charge in [-0.15, -0.1) is 0 Å². The van der Waals surface area contributed by atoms with E-state index in [1.54, 1.807) is 24.7 Å². The molecular weight excluding hydrogens is 488 g/mol. The molecule has 7 nitrogen and oxygen atoms in total. The first-order valence-electron chi connectivity index (χ1n) is 12.2. The summed E-state index contributed by atoms with van der Waals surface area (Å²) in [6.07, 6.45) is 6.47. The van der Waals surface area contributed by atoms with E-state index in [1.165, 1.54) is 11.3 Å². The zero-order valence-corrected chi connectivity index (χ0v) is 22.0. The number of fused-ring (bicyclic) bond motifs is 1. The molecule has 3 aromatic rings. The normalized spacial score (nSPS) is 15.5. The third kappa shape index (κ3) is 6.15. The van der Waals surface area contributed by atoms with Crippen molar-refractivity contribution in [3.63, 3.8) is 0 Å². The van der Waals surface area contributed by atoms with E-state index in [9.17, 15) is 9.59 Å². The molecule has 0 amide bonds. The van der Waals surface area contributed by atoms with Gasteiger partial charge in [0.25, 0.3) is 5.56 Å². The van der Waals surface area contributed by atoms with Crippen LogP contribution in [0.2, 0.25) is 0 Å². The Bertz CT molecular complexity index is 1470. The standard InChI is InChI=1S/C29H30N2O5S/c1-4-17-35-23-15-13-22(14-16-23)26-25(28(33)36-19-18-34-3)20(2)30-29-31(26)27(32)24(37-29)12-8-11-21-9-6-5-7-10-21/h5-16,26H,4,17-19H2,1-3H3. The molecule has 0 bridgehead atoms. The third-order valence-corrected chi connectivity index (χ3v) is 6.77. The van der Waals surface area contributed by atoms with E-state index >= 15 is 0 Å². The molecule has 0 N–H and O–H groups in total. The van der Waals surface area contributed by atoms with Crippen LogP contribution in [0.3, 0.4) is 0 Å². The van der Waals surface area contributed by atoms with Crippen molar-refractivity contribution in [2.24, 2.45) is 4.99 Å². The Morgan fingerprint density at radius 2 is 1.84 bits per heavy atom. The van der Waals surface area contributed by atoms with E-state index in [0.29, 0.717) is 27.2 Å². The summed E-state index contributed by atoms with van der Waals surface area (Å²) in [7, 11) is 1.54. The van der Waals surface area contributed by atoms with E-state index in [-0.39, 0.29) is 18.8 Å². The van der Waals surface area contributed by atoms with E-state index < -0.39 is 12.0 Å². The summed E-state index contributed by atoms with van der Waals surface area (Å²) < 4.78 is 18.3. The van der Waals surface area contributed by atoms with Crippen molar-refractivity contribution in [3.8, 4) is 5.75 Å². The van der Waals surface area contributed by atoms with E-state index in [2.05, 4.69) is 4.99 Å². The van der Waals surface area contributed by atoms with Crippen molar-refractivity contribution in [2.75, 3.05) is 26.9 Å². The Hall–Kier alpha value is -3.75. The Kier molecular flexibility index (Phi) is 8.87. The van der Waals surface area contributed by atoms with Crippen molar-refractivity contribution in [1.29, 1.82) is 0 Å². The van der Waals surface area contributed by atoms with Crippen LogP contribution >= 0.6 is 11.3 Å². The number of ether oxygens (including phenoxy) is 3. The lowest BCUT2D eigenvalue weighted by atomic mass is 9.96. The lowest BCUT2D eigenvalue weighted by Gasteiger charge is -2.25. The molecule has 1 aromatic heterocycles. The minimum Gasteiger partial charge on any atom is -0.494 e. The second-order valence-electron chi connectivity index (χ2n) is 8.42. The Labute approximate surface area is 219 Å². The summed E-state index contributed by atoms with van der Waals surface area (Å²) >= 11 is 1.29. The quantitative estimate of drug-likeness (QED) is 0.301. The van der Waals surface area contributed by atoms with Gasteiger partial charge in [0, 0.05) is 7.11 Å². The molecule has 8 heteroatoms. The molecule has 0 saturated carbocycles. The number of benzene rings is 2. The molecule has 2 aromatic carbocycles. The number of thiazole rings is 1. The number of aromatic nitrogens is 1. The van der Waals surface area contributed by atoms with Crippen molar-refractivity contribution < 1.29 is 19.0 Å². The molecule has 0 fully saturated rings. The van der Waals surface area contributed by atoms with Crippen LogP contribution in [-0.2, 0) is 14.3 Å². The highest BCUT2D eigenvalue weighted by Crippen LogP contribution is 2.31. The third-order valence-electron chi connectivity index (χ3n) is 5.77. The summed E-state index contributed by atoms with van der Waals surface area (Å²) in [4.78, 5) is 31.9. The fourth-order valence-electron chi connectivity index (χ4n) is 3.98. The molecule has 1 aliphatic rings. The number of rotatable bonds is 10. The number of esters is 1. The van der Waals surface area contributed by atoms with E-state index in [0.717, 1.165) is 23.3 Å². The highest BCUT2D eigenvalue weighted by atomic mass is 32.1. The topological polar surface area (TPSA) is 79.1 Å². The van der Waals surface area contributed by atoms with Gasteiger partial charge >= 0.3 is 5.97 Å². The summed E-state index contributed by atoms with van der Waals surface area (Å²) in [6.45, 7) is 4.81. The summed E-state index contributed by atoms with van der Waals surface area (Å²) in [6, 6.07) is 16.6. The smallest absolute Gasteiger partial charge is 0.338 e. The predicted octanol–water partition coefficient (Wildman–Crippen LogP) is 3.88. The summed E-state index contributed by atoms with van der Waals surface area (Å²) in [5, 5.41) is 0. The fourth-order valence-corrected chi connectivity index (χ4v) is 4.98. The molecule has 4 rings (SSSR count). The summed E-state index contributed by atoms with van der Waals surface area (Å²) in [5.41, 5.74) is 2.44. The molecule has 0 aliphatic carbocycles. The van der Waals surface area contributed by atoms with Gasteiger partial charge in [-0.25, -0.2) is 9.79 Å². The van der Waals surface area contributed by atoms with E-state index in [1.807, 2.05) is 73.7 Å². The Balaban J connectivity index is 1.77. The minimum atomic E-state index is -0.674. The van der Waals surface area contributed by atoms with Gasteiger partial charge in [0.1, 0.15) is 12.4 Å². The number of carbonyl (C=O) groups excluding carboxylic acids is 1. The van der Waals surface area contributed by atoms with Gasteiger partial charge in [0.05, 0.1) is 35.1 Å². The van der Waals surface area contributed by atoms with Gasteiger partial charge < -0.3 is 14.2 Å². The zero-order chi connectivity index (χ0) is 26.2. The van der Waals surface area contributed by atoms with Gasteiger partial charge in [0.2, 0.25) is 0 Å². The largest absolute Gasteiger partial charge is 0.494 e. The molecule has 1 aliphatic heterocycles. The molecule has 1 atom stereocenters. The first-order chi connectivity index (χ1) is 18.0. The monoisotopic (exact) mass is 518 g/mol. The number of carbonyl (C=O) groups is 1. The SMILES string of the molecule is CCCOc1ccc(C2C(C(=O)OCCOC)=C(C)N=c3sc(=CC=Cc4ccccc4)c(=O)n32)cc1. The molecule has 1 unspecified atom stereocenters. The lowest BCUT2D eigenvalue weighted by molar-refractivity contribution is -0.140. The average molecular weight is 519 g/mol. The highest BCUT2D eigenvalue weighted by molar-refractivity contribution is 7.07. The predicted molar refractivity (Wildman–Crippen MR) is 145 cm³/mol. The van der Waals surface area contributed by atoms with Gasteiger partial charge in [0.15, 0.2) is 4.80 Å². The fraction of sp³-hybridized carbons (Fsp3) is 0.276. The molecule has 0 radical (unpaired) electrons. The Morgan fingerprint density at radius 1 is 1.08 bits per heavy atom. The van der Waals surface area contributed by atoms with Crippen molar-refractivity contribution in [1.82, 2.24) is 4.57 Å². The van der Waals surface area contributed by atoms with Crippen molar-refractivity contribution >= 4 is 29.5 Å². The van der Waals surface area contributed by atoms with Gasteiger partial charge in [-0.05, 0) is 42.7 Å². The van der Waals surface area contributed by atoms with Crippen LogP contribution in [-0.4, -0.2) is 37.5 Å². The minimum absolute atomic E-state index is 0.108. The van der Waals surface area contributed by atoms with Crippen LogP contribution in [0.1, 0.15) is 37.4 Å². The number of hydrogen-bond acceptors (Lipinski definition) is 7. The number of allylic oxidation sites excluding steroid dienone is 2. The summed E-state index contributed by atoms with van der Waals surface area (Å²) in [5.74, 6) is 0.210. The first-order valence-corrected chi connectivity index (χ1v) is 13.0. The second kappa shape index (κ2) is 12.5. The number of hydrogen-bond donors (Lipinski definition) is 0. The van der Waals surface area contributed by atoms with Crippen LogP contribution < -0.4 is 19.6 Å². The molecule has 37 heavy (non-hydrogen) atoms. The molecule has 0 saturated heterocycles. The van der Waals surface area contributed by atoms with Crippen LogP contribution in [0.15, 0.2) is 81.7 Å².